The summed E-state index contributed by atoms with van der Waals surface area (Å²) in [6.45, 7) is 5.13. The Kier molecular flexibility index (Phi) is 3.91. The van der Waals surface area contributed by atoms with E-state index in [0.29, 0.717) is 23.7 Å². The first kappa shape index (κ1) is 16.3. The summed E-state index contributed by atoms with van der Waals surface area (Å²) >= 11 is 0. The number of carbonyl (C=O) groups is 1. The van der Waals surface area contributed by atoms with Crippen LogP contribution in [0.15, 0.2) is 36.8 Å². The standard InChI is InChI=1S/C19H19N5O2/c1-4-23-6-5-17(22-23)24-11-16-18(19(24)25)12(2)7-15(21-16)13-8-14(26-3)10-20-9-13/h5-10H,4,11H2,1-3H3. The molecule has 26 heavy (non-hydrogen) atoms. The third-order valence-electron chi connectivity index (χ3n) is 4.53. The van der Waals surface area contributed by atoms with Crippen LogP contribution in [0.25, 0.3) is 11.3 Å². The minimum Gasteiger partial charge on any atom is -0.495 e. The third kappa shape index (κ3) is 2.61. The van der Waals surface area contributed by atoms with Crippen molar-refractivity contribution in [1.29, 1.82) is 0 Å². The number of hydrogen-bond acceptors (Lipinski definition) is 5. The van der Waals surface area contributed by atoms with Gasteiger partial charge in [-0.3, -0.25) is 24.3 Å². The number of aryl methyl sites for hydroxylation is 2. The second-order valence-corrected chi connectivity index (χ2v) is 6.18. The lowest BCUT2D eigenvalue weighted by Crippen LogP contribution is -2.24. The molecule has 7 nitrogen and oxygen atoms in total. The molecular weight excluding hydrogens is 330 g/mol. The Bertz CT molecular complexity index is 995. The lowest BCUT2D eigenvalue weighted by molar-refractivity contribution is 0.0995. The van der Waals surface area contributed by atoms with Crippen LogP contribution in [-0.4, -0.2) is 32.8 Å². The van der Waals surface area contributed by atoms with E-state index in [0.717, 1.165) is 29.1 Å². The first-order chi connectivity index (χ1) is 12.6. The van der Waals surface area contributed by atoms with Crippen molar-refractivity contribution in [2.45, 2.75) is 26.9 Å². The van der Waals surface area contributed by atoms with Crippen LogP contribution in [0.2, 0.25) is 0 Å². The monoisotopic (exact) mass is 349 g/mol. The number of aromatic nitrogens is 4. The van der Waals surface area contributed by atoms with E-state index in [2.05, 4.69) is 10.1 Å². The molecule has 0 aliphatic carbocycles. The van der Waals surface area contributed by atoms with Crippen LogP contribution in [0.5, 0.6) is 5.75 Å². The minimum atomic E-state index is -0.0540. The van der Waals surface area contributed by atoms with Gasteiger partial charge in [0.05, 0.1) is 36.8 Å². The van der Waals surface area contributed by atoms with Gasteiger partial charge in [-0.1, -0.05) is 0 Å². The molecule has 0 bridgehead atoms. The van der Waals surface area contributed by atoms with Crippen LogP contribution in [0.1, 0.15) is 28.5 Å². The van der Waals surface area contributed by atoms with Gasteiger partial charge in [0, 0.05) is 30.6 Å². The van der Waals surface area contributed by atoms with E-state index >= 15 is 0 Å². The van der Waals surface area contributed by atoms with Gasteiger partial charge in [0.1, 0.15) is 5.75 Å². The number of carbonyl (C=O) groups excluding carboxylic acids is 1. The first-order valence-corrected chi connectivity index (χ1v) is 8.46. The summed E-state index contributed by atoms with van der Waals surface area (Å²) < 4.78 is 7.05. The molecule has 0 saturated heterocycles. The highest BCUT2D eigenvalue weighted by atomic mass is 16.5. The van der Waals surface area contributed by atoms with Crippen LogP contribution in [0.3, 0.4) is 0 Å². The predicted octanol–water partition coefficient (Wildman–Crippen LogP) is 2.84. The largest absolute Gasteiger partial charge is 0.495 e. The Balaban J connectivity index is 1.73. The molecule has 4 heterocycles. The summed E-state index contributed by atoms with van der Waals surface area (Å²) in [7, 11) is 1.61. The minimum absolute atomic E-state index is 0.0540. The maximum Gasteiger partial charge on any atom is 0.262 e. The molecule has 0 atom stereocenters. The highest BCUT2D eigenvalue weighted by molar-refractivity contribution is 6.10. The molecule has 1 aliphatic rings. The van der Waals surface area contributed by atoms with Crippen LogP contribution in [-0.2, 0) is 13.1 Å². The van der Waals surface area contributed by atoms with E-state index in [1.807, 2.05) is 38.2 Å². The fourth-order valence-corrected chi connectivity index (χ4v) is 3.18. The van der Waals surface area contributed by atoms with Crippen molar-refractivity contribution < 1.29 is 9.53 Å². The van der Waals surface area contributed by atoms with Gasteiger partial charge in [-0.05, 0) is 31.5 Å². The number of methoxy groups -OCH3 is 1. The maximum atomic E-state index is 12.9. The average Bonchev–Trinajstić information content (AvgIpc) is 3.26. The van der Waals surface area contributed by atoms with Crippen molar-refractivity contribution in [2.24, 2.45) is 0 Å². The lowest BCUT2D eigenvalue weighted by Gasteiger charge is -2.11. The van der Waals surface area contributed by atoms with E-state index in [1.165, 1.54) is 0 Å². The number of amides is 1. The fourth-order valence-electron chi connectivity index (χ4n) is 3.18. The SMILES string of the molecule is CCn1ccc(N2Cc3nc(-c4cncc(OC)c4)cc(C)c3C2=O)n1. The van der Waals surface area contributed by atoms with E-state index < -0.39 is 0 Å². The molecule has 0 N–H and O–H groups in total. The summed E-state index contributed by atoms with van der Waals surface area (Å²) in [5.74, 6) is 1.27. The lowest BCUT2D eigenvalue weighted by atomic mass is 10.1. The zero-order valence-electron chi connectivity index (χ0n) is 14.9. The van der Waals surface area contributed by atoms with Crippen LogP contribution in [0.4, 0.5) is 5.82 Å². The Hall–Kier alpha value is -3.22. The average molecular weight is 349 g/mol. The quantitative estimate of drug-likeness (QED) is 0.724. The van der Waals surface area contributed by atoms with E-state index in [-0.39, 0.29) is 5.91 Å². The maximum absolute atomic E-state index is 12.9. The second kappa shape index (κ2) is 6.25. The number of nitrogens with zero attached hydrogens (tertiary/aromatic N) is 5. The number of anilines is 1. The summed E-state index contributed by atoms with van der Waals surface area (Å²) in [4.78, 5) is 23.4. The molecule has 0 spiro atoms. The van der Waals surface area contributed by atoms with Gasteiger partial charge in [-0.15, -0.1) is 0 Å². The number of rotatable bonds is 4. The Morgan fingerprint density at radius 1 is 1.27 bits per heavy atom. The Labute approximate surface area is 151 Å². The van der Waals surface area contributed by atoms with E-state index in [9.17, 15) is 4.79 Å². The van der Waals surface area contributed by atoms with Gasteiger partial charge < -0.3 is 4.74 Å². The summed E-state index contributed by atoms with van der Waals surface area (Å²) in [6.07, 6.45) is 5.27. The van der Waals surface area contributed by atoms with Crippen LogP contribution >= 0.6 is 0 Å². The van der Waals surface area contributed by atoms with Gasteiger partial charge in [-0.25, -0.2) is 0 Å². The number of ether oxygens (including phenoxy) is 1. The first-order valence-electron chi connectivity index (χ1n) is 8.46. The normalized spacial score (nSPS) is 13.2. The van der Waals surface area contributed by atoms with Gasteiger partial charge in [-0.2, -0.15) is 5.10 Å². The molecule has 132 valence electrons. The number of pyridine rings is 2. The molecule has 0 aromatic carbocycles. The van der Waals surface area contributed by atoms with Gasteiger partial charge in [0.2, 0.25) is 0 Å². The van der Waals surface area contributed by atoms with Crippen molar-refractivity contribution in [1.82, 2.24) is 19.7 Å². The van der Waals surface area contributed by atoms with Gasteiger partial charge >= 0.3 is 0 Å². The smallest absolute Gasteiger partial charge is 0.262 e. The molecule has 0 saturated carbocycles. The fraction of sp³-hybridized carbons (Fsp3) is 0.263. The summed E-state index contributed by atoms with van der Waals surface area (Å²) in [6, 6.07) is 5.66. The van der Waals surface area contributed by atoms with E-state index in [4.69, 9.17) is 9.72 Å². The zero-order chi connectivity index (χ0) is 18.3. The van der Waals surface area contributed by atoms with Crippen molar-refractivity contribution in [3.05, 3.63) is 53.6 Å². The second-order valence-electron chi connectivity index (χ2n) is 6.18. The van der Waals surface area contributed by atoms with Gasteiger partial charge in [0.25, 0.3) is 5.91 Å². The Morgan fingerprint density at radius 3 is 2.85 bits per heavy atom. The molecule has 3 aromatic heterocycles. The topological polar surface area (TPSA) is 73.1 Å². The zero-order valence-corrected chi connectivity index (χ0v) is 14.9. The van der Waals surface area contributed by atoms with Crippen LogP contribution < -0.4 is 9.64 Å². The molecule has 1 aliphatic heterocycles. The van der Waals surface area contributed by atoms with E-state index in [1.54, 1.807) is 29.1 Å². The molecule has 0 radical (unpaired) electrons. The van der Waals surface area contributed by atoms with Crippen LogP contribution in [0, 0.1) is 6.92 Å². The Morgan fingerprint density at radius 2 is 2.12 bits per heavy atom. The van der Waals surface area contributed by atoms with Crippen molar-refractivity contribution in [3.63, 3.8) is 0 Å². The summed E-state index contributed by atoms with van der Waals surface area (Å²) in [5, 5.41) is 4.44. The predicted molar refractivity (Wildman–Crippen MR) is 97.2 cm³/mol. The molecule has 1 amide bonds. The van der Waals surface area contributed by atoms with Crippen molar-refractivity contribution >= 4 is 11.7 Å². The molecule has 4 rings (SSSR count). The number of fused-ring (bicyclic) bond motifs is 1. The third-order valence-corrected chi connectivity index (χ3v) is 4.53. The molecule has 0 unspecified atom stereocenters. The van der Waals surface area contributed by atoms with Gasteiger partial charge in [0.15, 0.2) is 5.82 Å². The highest BCUT2D eigenvalue weighted by Gasteiger charge is 2.33. The molecule has 3 aromatic rings. The summed E-state index contributed by atoms with van der Waals surface area (Å²) in [5.41, 5.74) is 3.96. The molecular formula is C19H19N5O2. The number of hydrogen-bond donors (Lipinski definition) is 0. The molecule has 0 fully saturated rings. The van der Waals surface area contributed by atoms with Crippen molar-refractivity contribution in [3.8, 4) is 17.0 Å². The van der Waals surface area contributed by atoms with Crippen molar-refractivity contribution in [2.75, 3.05) is 12.0 Å². The molecule has 7 heteroatoms. The highest BCUT2D eigenvalue weighted by Crippen LogP contribution is 2.31.